The van der Waals surface area contributed by atoms with Crippen LogP contribution in [0.25, 0.3) is 5.57 Å². The monoisotopic (exact) mass is 508 g/mol. The van der Waals surface area contributed by atoms with E-state index in [0.717, 1.165) is 33.4 Å². The van der Waals surface area contributed by atoms with E-state index in [0.29, 0.717) is 10.5 Å². The number of carbonyl (C=O) groups excluding carboxylic acids is 1. The van der Waals surface area contributed by atoms with Gasteiger partial charge in [0.15, 0.2) is 6.29 Å². The predicted octanol–water partition coefficient (Wildman–Crippen LogP) is 10.4. The Kier molecular flexibility index (Phi) is 16.6. The van der Waals surface area contributed by atoms with Crippen LogP contribution >= 0.6 is 34.9 Å². The summed E-state index contributed by atoms with van der Waals surface area (Å²) < 4.78 is 0.578. The summed E-state index contributed by atoms with van der Waals surface area (Å²) in [5.74, 6) is 4.70. The van der Waals surface area contributed by atoms with Crippen LogP contribution in [0.3, 0.4) is 0 Å². The fraction of sp³-hybridized carbons (Fsp3) is 0.690. The maximum atomic E-state index is 11.1. The summed E-state index contributed by atoms with van der Waals surface area (Å²) in [6, 6.07) is 3.91. The molecule has 4 heteroatoms. The summed E-state index contributed by atoms with van der Waals surface area (Å²) in [5, 5.41) is 0. The topological polar surface area (TPSA) is 17.1 Å². The first kappa shape index (κ1) is 30.6. The summed E-state index contributed by atoms with van der Waals surface area (Å²) in [7, 11) is 0. The van der Waals surface area contributed by atoms with Crippen LogP contribution in [0.2, 0.25) is 0 Å². The van der Waals surface area contributed by atoms with Crippen molar-refractivity contribution in [2.45, 2.75) is 97.5 Å². The van der Waals surface area contributed by atoms with Crippen molar-refractivity contribution in [3.05, 3.63) is 40.1 Å². The zero-order valence-corrected chi connectivity index (χ0v) is 24.5. The molecule has 0 saturated heterocycles. The zero-order valence-electron chi connectivity index (χ0n) is 22.0. The molecule has 33 heavy (non-hydrogen) atoms. The van der Waals surface area contributed by atoms with Crippen molar-refractivity contribution in [3.63, 3.8) is 0 Å². The number of carbonyl (C=O) groups is 1. The lowest BCUT2D eigenvalue weighted by Gasteiger charge is -2.28. The molecule has 188 valence electrons. The van der Waals surface area contributed by atoms with Gasteiger partial charge in [-0.2, -0.15) is 0 Å². The van der Waals surface area contributed by atoms with Crippen LogP contribution in [0.5, 0.6) is 0 Å². The Morgan fingerprint density at radius 1 is 1.00 bits per heavy atom. The molecule has 0 aliphatic heterocycles. The van der Waals surface area contributed by atoms with E-state index in [4.69, 9.17) is 0 Å². The van der Waals surface area contributed by atoms with Gasteiger partial charge in [-0.3, -0.25) is 4.79 Å². The summed E-state index contributed by atoms with van der Waals surface area (Å²) >= 11 is 5.92. The van der Waals surface area contributed by atoms with Gasteiger partial charge in [0.05, 0.1) is 9.46 Å². The molecule has 1 nitrogen and oxygen atoms in total. The van der Waals surface area contributed by atoms with Gasteiger partial charge in [0.25, 0.3) is 0 Å². The number of thiophene rings is 1. The Morgan fingerprint density at radius 2 is 1.55 bits per heavy atom. The maximum absolute atomic E-state index is 11.1. The minimum Gasteiger partial charge on any atom is -0.297 e. The van der Waals surface area contributed by atoms with Gasteiger partial charge < -0.3 is 0 Å². The van der Waals surface area contributed by atoms with Crippen LogP contribution in [0.4, 0.5) is 0 Å². The van der Waals surface area contributed by atoms with Crippen LogP contribution in [-0.2, 0) is 0 Å². The van der Waals surface area contributed by atoms with Gasteiger partial charge in [-0.05, 0) is 66.7 Å². The van der Waals surface area contributed by atoms with Gasteiger partial charge >= 0.3 is 0 Å². The van der Waals surface area contributed by atoms with Crippen molar-refractivity contribution in [3.8, 4) is 0 Å². The summed E-state index contributed by atoms with van der Waals surface area (Å²) in [6.45, 7) is 18.3. The SMILES string of the molecule is C=C(/C=C(\C)C(C)C(SCC(CC)CCCC)SCC(CC)CCCC)c1ccc(C=O)s1. The third kappa shape index (κ3) is 11.7. The van der Waals surface area contributed by atoms with Gasteiger partial charge in [-0.1, -0.05) is 91.4 Å². The highest BCUT2D eigenvalue weighted by Crippen LogP contribution is 2.39. The average molecular weight is 509 g/mol. The Bertz CT molecular complexity index is 685. The molecule has 3 atom stereocenters. The highest BCUT2D eigenvalue weighted by molar-refractivity contribution is 8.17. The Labute approximate surface area is 217 Å². The minimum absolute atomic E-state index is 0.495. The van der Waals surface area contributed by atoms with Crippen LogP contribution < -0.4 is 0 Å². The van der Waals surface area contributed by atoms with Crippen LogP contribution in [0, 0.1) is 17.8 Å². The van der Waals surface area contributed by atoms with E-state index in [2.05, 4.69) is 77.7 Å². The first-order chi connectivity index (χ1) is 15.9. The van der Waals surface area contributed by atoms with Gasteiger partial charge in [-0.15, -0.1) is 34.9 Å². The molecular formula is C29H48OS3. The minimum atomic E-state index is 0.495. The molecular weight excluding hydrogens is 461 g/mol. The smallest absolute Gasteiger partial charge is 0.160 e. The number of rotatable bonds is 19. The molecule has 3 unspecified atom stereocenters. The fourth-order valence-electron chi connectivity index (χ4n) is 3.88. The second kappa shape index (κ2) is 17.9. The highest BCUT2D eigenvalue weighted by atomic mass is 32.2. The molecule has 0 aliphatic carbocycles. The maximum Gasteiger partial charge on any atom is 0.160 e. The van der Waals surface area contributed by atoms with Crippen molar-refractivity contribution < 1.29 is 4.79 Å². The molecule has 0 saturated carbocycles. The molecule has 1 aromatic heterocycles. The van der Waals surface area contributed by atoms with Crippen molar-refractivity contribution in [1.82, 2.24) is 0 Å². The van der Waals surface area contributed by atoms with E-state index >= 15 is 0 Å². The molecule has 1 aromatic rings. The third-order valence-electron chi connectivity index (χ3n) is 6.67. The summed E-state index contributed by atoms with van der Waals surface area (Å²) in [6.07, 6.45) is 13.8. The van der Waals surface area contributed by atoms with Gasteiger partial charge in [0.1, 0.15) is 0 Å². The van der Waals surface area contributed by atoms with Crippen molar-refractivity contribution in [2.24, 2.45) is 17.8 Å². The molecule has 0 N–H and O–H groups in total. The normalized spacial score (nSPS) is 15.8. The number of hydrogen-bond donors (Lipinski definition) is 0. The number of thioether (sulfide) groups is 2. The Hall–Kier alpha value is -0.450. The first-order valence-electron chi connectivity index (χ1n) is 13.1. The van der Waals surface area contributed by atoms with E-state index < -0.39 is 0 Å². The van der Waals surface area contributed by atoms with Gasteiger partial charge in [0, 0.05) is 4.88 Å². The van der Waals surface area contributed by atoms with E-state index in [1.807, 2.05) is 12.1 Å². The van der Waals surface area contributed by atoms with Crippen molar-refractivity contribution in [2.75, 3.05) is 11.5 Å². The second-order valence-corrected chi connectivity index (χ2v) is 13.2. The van der Waals surface area contributed by atoms with Crippen LogP contribution in [0.15, 0.2) is 30.4 Å². The molecule has 1 rings (SSSR count). The standard InChI is InChI=1S/C29H48OS3/c1-8-12-14-25(10-3)20-31-29(32-21-26(11-4)15-13-9-2)24(7)22(5)18-23(6)28-17-16-27(19-30)33-28/h16-19,24-26,29H,6,8-15,20-21H2,1-5,7H3/b22-18+. The van der Waals surface area contributed by atoms with E-state index in [-0.39, 0.29) is 0 Å². The van der Waals surface area contributed by atoms with E-state index in [1.165, 1.54) is 79.8 Å². The Balaban J connectivity index is 2.90. The number of unbranched alkanes of at least 4 members (excludes halogenated alkanes) is 2. The second-order valence-electron chi connectivity index (χ2n) is 9.39. The van der Waals surface area contributed by atoms with Crippen molar-refractivity contribution >= 4 is 46.7 Å². The largest absolute Gasteiger partial charge is 0.297 e. The molecule has 0 radical (unpaired) electrons. The molecule has 0 fully saturated rings. The van der Waals surface area contributed by atoms with Crippen LogP contribution in [-0.4, -0.2) is 22.4 Å². The molecule has 1 heterocycles. The fourth-order valence-corrected chi connectivity index (χ4v) is 8.23. The number of aldehydes is 1. The van der Waals surface area contributed by atoms with Gasteiger partial charge in [-0.25, -0.2) is 0 Å². The molecule has 0 bridgehead atoms. The lowest BCUT2D eigenvalue weighted by atomic mass is 10.0. The third-order valence-corrected chi connectivity index (χ3v) is 11.4. The number of allylic oxidation sites excluding steroid dienone is 3. The molecule has 0 spiro atoms. The predicted molar refractivity (Wildman–Crippen MR) is 157 cm³/mol. The number of hydrogen-bond acceptors (Lipinski definition) is 4. The van der Waals surface area contributed by atoms with Crippen molar-refractivity contribution in [1.29, 1.82) is 0 Å². The first-order valence-corrected chi connectivity index (χ1v) is 16.0. The average Bonchev–Trinajstić information content (AvgIpc) is 3.31. The molecule has 0 aromatic carbocycles. The molecule has 0 aliphatic rings. The quantitative estimate of drug-likeness (QED) is 0.105. The molecule has 0 amide bonds. The summed E-state index contributed by atoms with van der Waals surface area (Å²) in [5.41, 5.74) is 2.42. The summed E-state index contributed by atoms with van der Waals surface area (Å²) in [4.78, 5) is 12.9. The lowest BCUT2D eigenvalue weighted by Crippen LogP contribution is -2.17. The highest BCUT2D eigenvalue weighted by Gasteiger charge is 2.23. The van der Waals surface area contributed by atoms with Gasteiger partial charge in [0.2, 0.25) is 0 Å². The lowest BCUT2D eigenvalue weighted by molar-refractivity contribution is 0.112. The zero-order chi connectivity index (χ0) is 24.6. The van der Waals surface area contributed by atoms with E-state index in [9.17, 15) is 4.79 Å². The van der Waals surface area contributed by atoms with E-state index in [1.54, 1.807) is 0 Å². The Morgan fingerprint density at radius 3 is 1.97 bits per heavy atom. The van der Waals surface area contributed by atoms with Crippen LogP contribution in [0.1, 0.15) is 107 Å².